The van der Waals surface area contributed by atoms with E-state index in [4.69, 9.17) is 9.47 Å². The van der Waals surface area contributed by atoms with Gasteiger partial charge in [-0.3, -0.25) is 4.90 Å². The minimum absolute atomic E-state index is 0.0466. The fourth-order valence-electron chi connectivity index (χ4n) is 3.81. The molecule has 1 atom stereocenters. The summed E-state index contributed by atoms with van der Waals surface area (Å²) in [5.41, 5.74) is 2.66. The molecule has 2 aliphatic heterocycles. The van der Waals surface area contributed by atoms with Gasteiger partial charge in [0, 0.05) is 56.9 Å². The van der Waals surface area contributed by atoms with Gasteiger partial charge in [-0.1, -0.05) is 12.1 Å². The first kappa shape index (κ1) is 13.3. The summed E-state index contributed by atoms with van der Waals surface area (Å²) in [5.74, 6) is 0. The highest BCUT2D eigenvalue weighted by Crippen LogP contribution is 2.36. The molecule has 1 spiro atoms. The second kappa shape index (κ2) is 5.13. The van der Waals surface area contributed by atoms with Crippen molar-refractivity contribution in [2.24, 2.45) is 0 Å². The molecule has 4 rings (SSSR count). The van der Waals surface area contributed by atoms with E-state index in [1.54, 1.807) is 0 Å². The second-order valence-electron chi connectivity index (χ2n) is 6.38. The number of hydrogen-bond acceptors (Lipinski definition) is 3. The Morgan fingerprint density at radius 1 is 1.38 bits per heavy atom. The number of aromatic nitrogens is 1. The predicted molar refractivity (Wildman–Crippen MR) is 82.3 cm³/mol. The Labute approximate surface area is 125 Å². The molecule has 1 aromatic carbocycles. The fraction of sp³-hybridized carbons (Fsp3) is 0.529. The molecular formula is C17H22N2O2. The monoisotopic (exact) mass is 286 g/mol. The highest BCUT2D eigenvalue weighted by molar-refractivity contribution is 5.82. The molecule has 4 heteroatoms. The van der Waals surface area contributed by atoms with Gasteiger partial charge in [-0.2, -0.15) is 0 Å². The number of aromatic amines is 1. The maximum absolute atomic E-state index is 6.05. The lowest BCUT2D eigenvalue weighted by molar-refractivity contribution is -0.195. The van der Waals surface area contributed by atoms with Crippen LogP contribution < -0.4 is 0 Å². The number of fused-ring (bicyclic) bond motifs is 1. The SMILES string of the molecule is CO[C@@H]1CCOC2(C1)CN(Cc1cccc3[nH]ccc13)C2. The molecule has 4 nitrogen and oxygen atoms in total. The van der Waals surface area contributed by atoms with E-state index in [1.165, 1.54) is 16.5 Å². The average molecular weight is 286 g/mol. The molecule has 2 saturated heterocycles. The van der Waals surface area contributed by atoms with Crippen molar-refractivity contribution in [3.63, 3.8) is 0 Å². The first-order valence-corrected chi connectivity index (χ1v) is 7.72. The van der Waals surface area contributed by atoms with Crippen LogP contribution in [0.25, 0.3) is 10.9 Å². The Bertz CT molecular complexity index is 631. The number of rotatable bonds is 3. The normalized spacial score (nSPS) is 25.3. The average Bonchev–Trinajstić information content (AvgIpc) is 2.95. The molecule has 2 fully saturated rings. The number of ether oxygens (including phenoxy) is 2. The molecule has 21 heavy (non-hydrogen) atoms. The van der Waals surface area contributed by atoms with Crippen LogP contribution >= 0.6 is 0 Å². The van der Waals surface area contributed by atoms with Crippen LogP contribution in [-0.4, -0.2) is 48.4 Å². The Kier molecular flexibility index (Phi) is 3.25. The van der Waals surface area contributed by atoms with Gasteiger partial charge < -0.3 is 14.5 Å². The summed E-state index contributed by atoms with van der Waals surface area (Å²) >= 11 is 0. The maximum Gasteiger partial charge on any atom is 0.0959 e. The second-order valence-corrected chi connectivity index (χ2v) is 6.38. The third kappa shape index (κ3) is 2.37. The van der Waals surface area contributed by atoms with Crippen LogP contribution in [0.4, 0.5) is 0 Å². The number of hydrogen-bond donors (Lipinski definition) is 1. The van der Waals surface area contributed by atoms with Crippen molar-refractivity contribution in [1.82, 2.24) is 9.88 Å². The summed E-state index contributed by atoms with van der Waals surface area (Å²) in [6.07, 6.45) is 4.45. The van der Waals surface area contributed by atoms with Gasteiger partial charge in [-0.05, 0) is 24.1 Å². The topological polar surface area (TPSA) is 37.5 Å². The third-order valence-electron chi connectivity index (χ3n) is 4.88. The van der Waals surface area contributed by atoms with E-state index < -0.39 is 0 Å². The van der Waals surface area contributed by atoms with E-state index in [2.05, 4.69) is 34.1 Å². The number of nitrogens with zero attached hydrogens (tertiary/aromatic N) is 1. The van der Waals surface area contributed by atoms with Crippen LogP contribution in [-0.2, 0) is 16.0 Å². The zero-order valence-corrected chi connectivity index (χ0v) is 12.5. The van der Waals surface area contributed by atoms with Crippen LogP contribution in [0.5, 0.6) is 0 Å². The van der Waals surface area contributed by atoms with E-state index in [-0.39, 0.29) is 5.60 Å². The molecule has 0 radical (unpaired) electrons. The lowest BCUT2D eigenvalue weighted by Gasteiger charge is -2.53. The summed E-state index contributed by atoms with van der Waals surface area (Å²) in [5, 5.41) is 1.33. The van der Waals surface area contributed by atoms with Gasteiger partial charge >= 0.3 is 0 Å². The lowest BCUT2D eigenvalue weighted by atomic mass is 9.84. The van der Waals surface area contributed by atoms with Gasteiger partial charge in [0.2, 0.25) is 0 Å². The molecule has 2 aromatic rings. The molecule has 1 aromatic heterocycles. The molecule has 3 heterocycles. The Morgan fingerprint density at radius 3 is 3.14 bits per heavy atom. The molecule has 0 saturated carbocycles. The smallest absolute Gasteiger partial charge is 0.0959 e. The minimum Gasteiger partial charge on any atom is -0.381 e. The summed E-state index contributed by atoms with van der Waals surface area (Å²) in [6, 6.07) is 8.64. The minimum atomic E-state index is 0.0466. The van der Waals surface area contributed by atoms with E-state index in [9.17, 15) is 0 Å². The van der Waals surface area contributed by atoms with Gasteiger partial charge in [-0.15, -0.1) is 0 Å². The van der Waals surface area contributed by atoms with Crippen LogP contribution in [0.2, 0.25) is 0 Å². The van der Waals surface area contributed by atoms with Crippen molar-refractivity contribution >= 4 is 10.9 Å². The highest BCUT2D eigenvalue weighted by Gasteiger charge is 2.47. The van der Waals surface area contributed by atoms with E-state index in [1.807, 2.05) is 13.3 Å². The van der Waals surface area contributed by atoms with Crippen molar-refractivity contribution in [1.29, 1.82) is 0 Å². The van der Waals surface area contributed by atoms with Crippen molar-refractivity contribution in [3.05, 3.63) is 36.0 Å². The predicted octanol–water partition coefficient (Wildman–Crippen LogP) is 2.55. The third-order valence-corrected chi connectivity index (χ3v) is 4.88. The first-order chi connectivity index (χ1) is 10.3. The maximum atomic E-state index is 6.05. The van der Waals surface area contributed by atoms with E-state index in [0.717, 1.165) is 39.1 Å². The zero-order valence-electron chi connectivity index (χ0n) is 12.5. The molecule has 2 aliphatic rings. The summed E-state index contributed by atoms with van der Waals surface area (Å²) < 4.78 is 11.6. The molecule has 0 bridgehead atoms. The Hall–Kier alpha value is -1.36. The molecular weight excluding hydrogens is 264 g/mol. The molecule has 1 N–H and O–H groups in total. The highest BCUT2D eigenvalue weighted by atomic mass is 16.5. The van der Waals surface area contributed by atoms with Crippen LogP contribution in [0.3, 0.4) is 0 Å². The fourth-order valence-corrected chi connectivity index (χ4v) is 3.81. The first-order valence-electron chi connectivity index (χ1n) is 7.72. The number of methoxy groups -OCH3 is 1. The van der Waals surface area contributed by atoms with Gasteiger partial charge in [0.1, 0.15) is 0 Å². The number of likely N-dealkylation sites (tertiary alicyclic amines) is 1. The lowest BCUT2D eigenvalue weighted by Crippen LogP contribution is -2.65. The van der Waals surface area contributed by atoms with E-state index in [0.29, 0.717) is 6.10 Å². The Balaban J connectivity index is 1.43. The van der Waals surface area contributed by atoms with Gasteiger partial charge in [-0.25, -0.2) is 0 Å². The van der Waals surface area contributed by atoms with Gasteiger partial charge in [0.15, 0.2) is 0 Å². The van der Waals surface area contributed by atoms with E-state index >= 15 is 0 Å². The van der Waals surface area contributed by atoms with Crippen molar-refractivity contribution in [3.8, 4) is 0 Å². The largest absolute Gasteiger partial charge is 0.381 e. The van der Waals surface area contributed by atoms with Crippen molar-refractivity contribution < 1.29 is 9.47 Å². The number of nitrogens with one attached hydrogen (secondary N) is 1. The van der Waals surface area contributed by atoms with Gasteiger partial charge in [0.25, 0.3) is 0 Å². The van der Waals surface area contributed by atoms with Gasteiger partial charge in [0.05, 0.1) is 11.7 Å². The number of H-pyrrole nitrogens is 1. The van der Waals surface area contributed by atoms with Crippen molar-refractivity contribution in [2.75, 3.05) is 26.8 Å². The molecule has 0 amide bonds. The van der Waals surface area contributed by atoms with Crippen LogP contribution in [0.15, 0.2) is 30.5 Å². The zero-order chi connectivity index (χ0) is 14.3. The molecule has 0 unspecified atom stereocenters. The standard InChI is InChI=1S/C17H22N2O2/c1-20-14-6-8-21-17(9-14)11-19(12-17)10-13-3-2-4-16-15(13)5-7-18-16/h2-5,7,14,18H,6,8-12H2,1H3/t14-/m1/s1. The van der Waals surface area contributed by atoms with Crippen LogP contribution in [0, 0.1) is 0 Å². The Morgan fingerprint density at radius 2 is 2.29 bits per heavy atom. The summed E-state index contributed by atoms with van der Waals surface area (Å²) in [4.78, 5) is 5.75. The van der Waals surface area contributed by atoms with Crippen molar-refractivity contribution in [2.45, 2.75) is 31.1 Å². The number of benzene rings is 1. The van der Waals surface area contributed by atoms with Crippen LogP contribution in [0.1, 0.15) is 18.4 Å². The molecule has 0 aliphatic carbocycles. The molecule has 112 valence electrons. The summed E-state index contributed by atoms with van der Waals surface area (Å²) in [7, 11) is 1.81. The quantitative estimate of drug-likeness (QED) is 0.942. The summed E-state index contributed by atoms with van der Waals surface area (Å²) in [6.45, 7) is 3.87.